The van der Waals surface area contributed by atoms with Crippen molar-refractivity contribution in [3.63, 3.8) is 0 Å². The van der Waals surface area contributed by atoms with Crippen molar-refractivity contribution in [2.45, 2.75) is 38.9 Å². The first-order valence-corrected chi connectivity index (χ1v) is 6.07. The Balaban J connectivity index is 3.10. The number of thioether (sulfide) groups is 1. The van der Waals surface area contributed by atoms with Crippen LogP contribution in [0.15, 0.2) is 0 Å². The molecule has 0 amide bonds. The summed E-state index contributed by atoms with van der Waals surface area (Å²) >= 11 is 6.28. The summed E-state index contributed by atoms with van der Waals surface area (Å²) in [4.78, 5) is 0. The van der Waals surface area contributed by atoms with Crippen molar-refractivity contribution in [3.8, 4) is 0 Å². The topological polar surface area (TPSA) is 0 Å². The van der Waals surface area contributed by atoms with Crippen molar-refractivity contribution < 1.29 is 0 Å². The van der Waals surface area contributed by atoms with Crippen LogP contribution >= 0.6 is 24.4 Å². The number of hydrogen-bond donors (Lipinski definition) is 1. The third-order valence-electron chi connectivity index (χ3n) is 1.68. The lowest BCUT2D eigenvalue weighted by molar-refractivity contribution is 0.554. The van der Waals surface area contributed by atoms with E-state index in [2.05, 4.69) is 45.2 Å². The summed E-state index contributed by atoms with van der Waals surface area (Å²) in [7, 11) is 0. The van der Waals surface area contributed by atoms with Gasteiger partial charge in [0.15, 0.2) is 0 Å². The Labute approximate surface area is 80.9 Å². The quantitative estimate of drug-likeness (QED) is 0.629. The highest BCUT2D eigenvalue weighted by Gasteiger charge is 2.01. The molecular formula is C9H20S2. The molecule has 0 radical (unpaired) electrons. The molecule has 0 aliphatic carbocycles. The molecule has 0 fully saturated rings. The zero-order valence-electron chi connectivity index (χ0n) is 7.84. The molecule has 0 N–H and O–H groups in total. The van der Waals surface area contributed by atoms with Gasteiger partial charge < -0.3 is 0 Å². The van der Waals surface area contributed by atoms with Crippen LogP contribution in [0.2, 0.25) is 0 Å². The van der Waals surface area contributed by atoms with Gasteiger partial charge in [-0.05, 0) is 35.5 Å². The lowest BCUT2D eigenvalue weighted by Gasteiger charge is -2.10. The van der Waals surface area contributed by atoms with Gasteiger partial charge in [0.2, 0.25) is 0 Å². The average Bonchev–Trinajstić information content (AvgIpc) is 1.87. The molecule has 68 valence electrons. The first-order chi connectivity index (χ1) is 5.16. The molecule has 11 heavy (non-hydrogen) atoms. The highest BCUT2D eigenvalue weighted by molar-refractivity contribution is 7.99. The van der Waals surface area contributed by atoms with E-state index >= 15 is 0 Å². The fourth-order valence-corrected chi connectivity index (χ4v) is 2.32. The van der Waals surface area contributed by atoms with Gasteiger partial charge in [0, 0.05) is 0 Å². The van der Waals surface area contributed by atoms with Gasteiger partial charge in [-0.1, -0.05) is 20.8 Å². The fraction of sp³-hybridized carbons (Fsp3) is 1.00. The maximum absolute atomic E-state index is 4.22. The first-order valence-electron chi connectivity index (χ1n) is 4.39. The van der Waals surface area contributed by atoms with Crippen molar-refractivity contribution in [1.82, 2.24) is 0 Å². The fourth-order valence-electron chi connectivity index (χ4n) is 0.870. The molecule has 0 saturated carbocycles. The summed E-state index contributed by atoms with van der Waals surface area (Å²) < 4.78 is 0. The number of hydrogen-bond acceptors (Lipinski definition) is 2. The van der Waals surface area contributed by atoms with Crippen LogP contribution in [0, 0.1) is 5.92 Å². The van der Waals surface area contributed by atoms with Crippen LogP contribution in [-0.2, 0) is 0 Å². The minimum Gasteiger partial charge on any atom is -0.179 e. The molecule has 2 heteroatoms. The molecule has 1 atom stereocenters. The third kappa shape index (κ3) is 8.61. The zero-order chi connectivity index (χ0) is 8.69. The second kappa shape index (κ2) is 7.35. The lowest BCUT2D eigenvalue weighted by atomic mass is 10.1. The van der Waals surface area contributed by atoms with E-state index < -0.39 is 0 Å². The second-order valence-corrected chi connectivity index (χ2v) is 5.46. The number of thiol groups is 1. The number of rotatable bonds is 6. The molecule has 0 spiro atoms. The minimum atomic E-state index is 0.790. The molecule has 0 saturated heterocycles. The molecule has 0 heterocycles. The van der Waals surface area contributed by atoms with E-state index in [-0.39, 0.29) is 0 Å². The second-order valence-electron chi connectivity index (χ2n) is 3.33. The van der Waals surface area contributed by atoms with E-state index in [1.54, 1.807) is 0 Å². The average molecular weight is 192 g/mol. The van der Waals surface area contributed by atoms with Gasteiger partial charge in [0.1, 0.15) is 0 Å². The van der Waals surface area contributed by atoms with Crippen molar-refractivity contribution >= 4 is 24.4 Å². The molecule has 0 aromatic heterocycles. The summed E-state index contributed by atoms with van der Waals surface area (Å²) in [6.07, 6.45) is 2.62. The van der Waals surface area contributed by atoms with Gasteiger partial charge in [-0.3, -0.25) is 0 Å². The van der Waals surface area contributed by atoms with Gasteiger partial charge in [0.05, 0.1) is 0 Å². The van der Waals surface area contributed by atoms with Crippen LogP contribution < -0.4 is 0 Å². The molecule has 0 aliphatic rings. The minimum absolute atomic E-state index is 0.790. The van der Waals surface area contributed by atoms with Gasteiger partial charge in [-0.25, -0.2) is 0 Å². The van der Waals surface area contributed by atoms with Crippen LogP contribution in [0.5, 0.6) is 0 Å². The molecular weight excluding hydrogens is 172 g/mol. The van der Waals surface area contributed by atoms with E-state index in [0.717, 1.165) is 16.9 Å². The Morgan fingerprint density at radius 1 is 1.18 bits per heavy atom. The van der Waals surface area contributed by atoms with Crippen LogP contribution in [-0.4, -0.2) is 16.8 Å². The Morgan fingerprint density at radius 3 is 2.27 bits per heavy atom. The van der Waals surface area contributed by atoms with Crippen molar-refractivity contribution in [2.75, 3.05) is 11.5 Å². The van der Waals surface area contributed by atoms with Gasteiger partial charge in [-0.15, -0.1) is 0 Å². The first kappa shape index (κ1) is 11.7. The van der Waals surface area contributed by atoms with Gasteiger partial charge in [-0.2, -0.15) is 24.4 Å². The zero-order valence-corrected chi connectivity index (χ0v) is 9.55. The Hall–Kier alpha value is 0.700. The summed E-state index contributed by atoms with van der Waals surface area (Å²) in [5.74, 6) is 3.21. The highest BCUT2D eigenvalue weighted by atomic mass is 32.2. The normalized spacial score (nSPS) is 13.9. The predicted octanol–water partition coefficient (Wildman–Crippen LogP) is 3.47. The molecule has 0 nitrogen and oxygen atoms in total. The standard InChI is InChI=1S/C9H20S2/c1-8(2)11-7-5-9(3)4-6-10/h8-10H,4-7H2,1-3H3. The van der Waals surface area contributed by atoms with Crippen molar-refractivity contribution in [1.29, 1.82) is 0 Å². The van der Waals surface area contributed by atoms with Crippen molar-refractivity contribution in [2.24, 2.45) is 5.92 Å². The highest BCUT2D eigenvalue weighted by Crippen LogP contribution is 2.16. The van der Waals surface area contributed by atoms with Crippen LogP contribution in [0.1, 0.15) is 33.6 Å². The summed E-state index contributed by atoms with van der Waals surface area (Å²) in [6.45, 7) is 6.83. The van der Waals surface area contributed by atoms with E-state index in [4.69, 9.17) is 0 Å². The molecule has 1 unspecified atom stereocenters. The van der Waals surface area contributed by atoms with Crippen LogP contribution in [0.3, 0.4) is 0 Å². The molecule has 0 aromatic rings. The SMILES string of the molecule is CC(CCS)CCSC(C)C. The summed E-state index contributed by atoms with van der Waals surface area (Å²) in [6, 6.07) is 0. The maximum Gasteiger partial charge on any atom is -0.000968 e. The largest absolute Gasteiger partial charge is 0.179 e. The molecule has 0 bridgehead atoms. The van der Waals surface area contributed by atoms with Gasteiger partial charge in [0.25, 0.3) is 0 Å². The molecule has 0 rings (SSSR count). The van der Waals surface area contributed by atoms with E-state index in [1.165, 1.54) is 18.6 Å². The Bertz CT molecular complexity index is 81.6. The van der Waals surface area contributed by atoms with Crippen LogP contribution in [0.25, 0.3) is 0 Å². The maximum atomic E-state index is 4.22. The van der Waals surface area contributed by atoms with E-state index in [0.29, 0.717) is 0 Å². The van der Waals surface area contributed by atoms with E-state index in [9.17, 15) is 0 Å². The van der Waals surface area contributed by atoms with Gasteiger partial charge >= 0.3 is 0 Å². The predicted molar refractivity (Wildman–Crippen MR) is 59.8 cm³/mol. The van der Waals surface area contributed by atoms with Crippen molar-refractivity contribution in [3.05, 3.63) is 0 Å². The summed E-state index contributed by atoms with van der Waals surface area (Å²) in [5, 5.41) is 0.790. The summed E-state index contributed by atoms with van der Waals surface area (Å²) in [5.41, 5.74) is 0. The Kier molecular flexibility index (Phi) is 7.82. The third-order valence-corrected chi connectivity index (χ3v) is 3.08. The van der Waals surface area contributed by atoms with Crippen LogP contribution in [0.4, 0.5) is 0 Å². The monoisotopic (exact) mass is 192 g/mol. The molecule has 0 aliphatic heterocycles. The smallest absolute Gasteiger partial charge is 0.000968 e. The van der Waals surface area contributed by atoms with E-state index in [1.807, 2.05) is 0 Å². The lowest BCUT2D eigenvalue weighted by Crippen LogP contribution is -1.99. The molecule has 0 aromatic carbocycles. The Morgan fingerprint density at radius 2 is 1.82 bits per heavy atom.